The third-order valence-electron chi connectivity index (χ3n) is 7.75. The Morgan fingerprint density at radius 2 is 1.12 bits per heavy atom. The van der Waals surface area contributed by atoms with E-state index < -0.39 is 0 Å². The zero-order valence-corrected chi connectivity index (χ0v) is 24.8. The van der Waals surface area contributed by atoms with Crippen molar-refractivity contribution < 1.29 is 9.15 Å². The second-order valence-corrected chi connectivity index (χ2v) is 11.1. The van der Waals surface area contributed by atoms with E-state index in [0.717, 1.165) is 43.1 Å². The van der Waals surface area contributed by atoms with Gasteiger partial charge in [0.2, 0.25) is 11.8 Å². The van der Waals surface area contributed by atoms with E-state index in [9.17, 15) is 0 Å². The highest BCUT2D eigenvalue weighted by Gasteiger charge is 2.09. The van der Waals surface area contributed by atoms with Gasteiger partial charge in [-0.3, -0.25) is 0 Å². The lowest BCUT2D eigenvalue weighted by atomic mass is 10.00. The fourth-order valence-corrected chi connectivity index (χ4v) is 5.25. The molecule has 0 aliphatic heterocycles. The second-order valence-electron chi connectivity index (χ2n) is 11.1. The predicted molar refractivity (Wildman–Crippen MR) is 168 cm³/mol. The highest BCUT2D eigenvalue weighted by atomic mass is 16.5. The molecule has 214 valence electrons. The van der Waals surface area contributed by atoms with Crippen LogP contribution in [0.2, 0.25) is 0 Å². The van der Waals surface area contributed by atoms with Gasteiger partial charge in [-0.15, -0.1) is 10.2 Å². The van der Waals surface area contributed by atoms with Gasteiger partial charge in [0, 0.05) is 12.0 Å². The summed E-state index contributed by atoms with van der Waals surface area (Å²) in [6, 6.07) is 21.4. The van der Waals surface area contributed by atoms with Gasteiger partial charge in [0.1, 0.15) is 5.75 Å². The average Bonchev–Trinajstić information content (AvgIpc) is 3.47. The van der Waals surface area contributed by atoms with Gasteiger partial charge in [0.05, 0.1) is 6.61 Å². The molecule has 4 rings (SSSR count). The molecule has 0 radical (unpaired) electrons. The minimum Gasteiger partial charge on any atom is -0.494 e. The molecule has 0 spiro atoms. The number of aryl methyl sites for hydroxylation is 1. The van der Waals surface area contributed by atoms with Crippen molar-refractivity contribution in [3.63, 3.8) is 0 Å². The summed E-state index contributed by atoms with van der Waals surface area (Å²) in [5.74, 6) is 2.29. The summed E-state index contributed by atoms with van der Waals surface area (Å²) < 4.78 is 12.0. The predicted octanol–water partition coefficient (Wildman–Crippen LogP) is 11.0. The number of hydrogen-bond donors (Lipinski definition) is 0. The zero-order chi connectivity index (χ0) is 27.8. The summed E-state index contributed by atoms with van der Waals surface area (Å²) in [5, 5.41) is 10.9. The fraction of sp³-hybridized carbons (Fsp3) is 0.500. The molecule has 0 aliphatic rings. The first kappa shape index (κ1) is 29.8. The van der Waals surface area contributed by atoms with Crippen LogP contribution in [0.25, 0.3) is 33.4 Å². The smallest absolute Gasteiger partial charge is 0.247 e. The van der Waals surface area contributed by atoms with Gasteiger partial charge in [-0.2, -0.15) is 0 Å². The van der Waals surface area contributed by atoms with E-state index >= 15 is 0 Å². The number of benzene rings is 3. The number of rotatable bonds is 19. The Morgan fingerprint density at radius 3 is 1.85 bits per heavy atom. The van der Waals surface area contributed by atoms with Crippen molar-refractivity contribution in [2.24, 2.45) is 0 Å². The molecule has 0 fully saturated rings. The Balaban J connectivity index is 1.22. The van der Waals surface area contributed by atoms with Crippen LogP contribution in [0.4, 0.5) is 0 Å². The molecule has 0 aliphatic carbocycles. The minimum absolute atomic E-state index is 0.598. The lowest BCUT2D eigenvalue weighted by Gasteiger charge is -2.09. The largest absolute Gasteiger partial charge is 0.494 e. The Kier molecular flexibility index (Phi) is 12.6. The number of unbranched alkanes of at least 4 members (excludes halogenated alkanes) is 12. The van der Waals surface area contributed by atoms with Crippen LogP contribution in [0.3, 0.4) is 0 Å². The van der Waals surface area contributed by atoms with Crippen LogP contribution in [-0.4, -0.2) is 16.8 Å². The van der Waals surface area contributed by atoms with Crippen LogP contribution in [0, 0.1) is 0 Å². The third-order valence-corrected chi connectivity index (χ3v) is 7.75. The van der Waals surface area contributed by atoms with Crippen molar-refractivity contribution in [2.45, 2.75) is 110 Å². The van der Waals surface area contributed by atoms with Crippen molar-refractivity contribution in [3.8, 4) is 28.3 Å². The van der Waals surface area contributed by atoms with Crippen LogP contribution in [-0.2, 0) is 6.42 Å². The second kappa shape index (κ2) is 16.8. The molecule has 40 heavy (non-hydrogen) atoms. The topological polar surface area (TPSA) is 48.2 Å². The standard InChI is InChI=1S/C36H48N2O2/c1-3-5-7-9-10-11-12-13-14-16-26-39-34-25-24-32-27-31(22-23-33(32)28-34)29-18-20-30(21-19-29)36-38-37-35(40-36)17-15-8-6-4-2/h18-25,27-28H,3-17,26H2,1-2H3. The molecular formula is C36H48N2O2. The Morgan fingerprint density at radius 1 is 0.550 bits per heavy atom. The van der Waals surface area contributed by atoms with Gasteiger partial charge in [-0.1, -0.05) is 121 Å². The quantitative estimate of drug-likeness (QED) is 0.111. The normalized spacial score (nSPS) is 11.3. The van der Waals surface area contributed by atoms with Gasteiger partial charge in [0.25, 0.3) is 0 Å². The van der Waals surface area contributed by atoms with Crippen molar-refractivity contribution in [1.82, 2.24) is 10.2 Å². The van der Waals surface area contributed by atoms with Gasteiger partial charge in [0.15, 0.2) is 0 Å². The molecule has 4 aromatic rings. The van der Waals surface area contributed by atoms with E-state index in [-0.39, 0.29) is 0 Å². The summed E-state index contributed by atoms with van der Waals surface area (Å²) in [6.07, 6.45) is 19.1. The Labute approximate surface area is 241 Å². The monoisotopic (exact) mass is 540 g/mol. The highest BCUT2D eigenvalue weighted by Crippen LogP contribution is 2.29. The summed E-state index contributed by atoms with van der Waals surface area (Å²) in [6.45, 7) is 5.30. The lowest BCUT2D eigenvalue weighted by Crippen LogP contribution is -1.97. The van der Waals surface area contributed by atoms with Gasteiger partial charge >= 0.3 is 0 Å². The van der Waals surface area contributed by atoms with E-state index in [0.29, 0.717) is 5.89 Å². The van der Waals surface area contributed by atoms with E-state index in [2.05, 4.69) is 84.7 Å². The molecule has 0 amide bonds. The molecule has 1 heterocycles. The summed E-state index contributed by atoms with van der Waals surface area (Å²) in [7, 11) is 0. The summed E-state index contributed by atoms with van der Waals surface area (Å²) >= 11 is 0. The lowest BCUT2D eigenvalue weighted by molar-refractivity contribution is 0.304. The van der Waals surface area contributed by atoms with Crippen LogP contribution in [0.5, 0.6) is 5.75 Å². The molecule has 0 atom stereocenters. The summed E-state index contributed by atoms with van der Waals surface area (Å²) in [5.41, 5.74) is 3.33. The van der Waals surface area contributed by atoms with Crippen LogP contribution >= 0.6 is 0 Å². The van der Waals surface area contributed by atoms with Crippen LogP contribution < -0.4 is 4.74 Å². The molecule has 0 N–H and O–H groups in total. The SMILES string of the molecule is CCCCCCCCCCCCOc1ccc2cc(-c3ccc(-c4nnc(CCCCCC)o4)cc3)ccc2c1. The highest BCUT2D eigenvalue weighted by molar-refractivity contribution is 5.88. The van der Waals surface area contributed by atoms with E-state index in [1.807, 2.05) is 0 Å². The number of fused-ring (bicyclic) bond motifs is 1. The van der Waals surface area contributed by atoms with E-state index in [4.69, 9.17) is 9.15 Å². The van der Waals surface area contributed by atoms with Gasteiger partial charge in [-0.25, -0.2) is 0 Å². The molecule has 3 aromatic carbocycles. The van der Waals surface area contributed by atoms with Gasteiger partial charge < -0.3 is 9.15 Å². The molecule has 0 saturated heterocycles. The molecular weight excluding hydrogens is 492 g/mol. The molecule has 1 aromatic heterocycles. The third kappa shape index (κ3) is 9.50. The minimum atomic E-state index is 0.598. The maximum atomic E-state index is 6.07. The van der Waals surface area contributed by atoms with Crippen molar-refractivity contribution in [3.05, 3.63) is 66.6 Å². The molecule has 4 nitrogen and oxygen atoms in total. The van der Waals surface area contributed by atoms with Crippen molar-refractivity contribution >= 4 is 10.8 Å². The van der Waals surface area contributed by atoms with Crippen LogP contribution in [0.15, 0.2) is 65.1 Å². The first-order valence-electron chi connectivity index (χ1n) is 15.9. The Bertz CT molecular complexity index is 1260. The zero-order valence-electron chi connectivity index (χ0n) is 24.8. The number of ether oxygens (including phenoxy) is 1. The number of hydrogen-bond acceptors (Lipinski definition) is 4. The number of aromatic nitrogens is 2. The first-order chi connectivity index (χ1) is 19.8. The Hall–Kier alpha value is -3.14. The first-order valence-corrected chi connectivity index (χ1v) is 15.9. The average molecular weight is 541 g/mol. The molecule has 4 heteroatoms. The fourth-order valence-electron chi connectivity index (χ4n) is 5.25. The molecule has 0 saturated carbocycles. The molecule has 0 unspecified atom stereocenters. The van der Waals surface area contributed by atoms with Gasteiger partial charge in [-0.05, 0) is 65.1 Å². The maximum absolute atomic E-state index is 6.07. The van der Waals surface area contributed by atoms with Crippen molar-refractivity contribution in [2.75, 3.05) is 6.61 Å². The van der Waals surface area contributed by atoms with Crippen LogP contribution in [0.1, 0.15) is 110 Å². The van der Waals surface area contributed by atoms with E-state index in [1.165, 1.54) is 98.9 Å². The van der Waals surface area contributed by atoms with Crippen molar-refractivity contribution in [1.29, 1.82) is 0 Å². The maximum Gasteiger partial charge on any atom is 0.247 e. The summed E-state index contributed by atoms with van der Waals surface area (Å²) in [4.78, 5) is 0. The van der Waals surface area contributed by atoms with E-state index in [1.54, 1.807) is 0 Å². The molecule has 0 bridgehead atoms. The number of nitrogens with zero attached hydrogens (tertiary/aromatic N) is 2.